The number of halogens is 2. The van der Waals surface area contributed by atoms with Crippen LogP contribution in [-0.4, -0.2) is 76.7 Å². The van der Waals surface area contributed by atoms with Crippen molar-refractivity contribution in [3.63, 3.8) is 0 Å². The Labute approximate surface area is 232 Å². The Morgan fingerprint density at radius 3 is 2.69 bits per heavy atom. The molecule has 1 saturated heterocycles. The van der Waals surface area contributed by atoms with Crippen molar-refractivity contribution >= 4 is 35.2 Å². The van der Waals surface area contributed by atoms with E-state index in [0.717, 1.165) is 5.56 Å². The average molecular weight is 558 g/mol. The summed E-state index contributed by atoms with van der Waals surface area (Å²) in [6.07, 6.45) is 4.92. The first-order valence-electron chi connectivity index (χ1n) is 13.2. The average Bonchev–Trinajstić information content (AvgIpc) is 3.40. The van der Waals surface area contributed by atoms with Gasteiger partial charge >= 0.3 is 0 Å². The van der Waals surface area contributed by atoms with Crippen molar-refractivity contribution < 1.29 is 23.6 Å². The molecule has 0 aliphatic carbocycles. The van der Waals surface area contributed by atoms with Crippen molar-refractivity contribution in [2.75, 3.05) is 26.2 Å². The highest BCUT2D eigenvalue weighted by atomic mass is 35.5. The van der Waals surface area contributed by atoms with E-state index in [1.807, 2.05) is 13.8 Å². The molecule has 9 nitrogen and oxygen atoms in total. The van der Waals surface area contributed by atoms with Gasteiger partial charge in [0.05, 0.1) is 22.7 Å². The van der Waals surface area contributed by atoms with Gasteiger partial charge in [-0.2, -0.15) is 0 Å². The predicted octanol–water partition coefficient (Wildman–Crippen LogP) is 2.82. The minimum atomic E-state index is -0.762. The monoisotopic (exact) mass is 557 g/mol. The van der Waals surface area contributed by atoms with E-state index in [0.29, 0.717) is 38.8 Å². The van der Waals surface area contributed by atoms with E-state index in [9.17, 15) is 23.6 Å². The van der Waals surface area contributed by atoms with Gasteiger partial charge in [-0.25, -0.2) is 4.39 Å². The molecule has 0 spiro atoms. The van der Waals surface area contributed by atoms with Crippen LogP contribution >= 0.6 is 11.6 Å². The van der Waals surface area contributed by atoms with Crippen molar-refractivity contribution in [1.29, 1.82) is 0 Å². The summed E-state index contributed by atoms with van der Waals surface area (Å²) in [5, 5.41) is 6.11. The Balaban J connectivity index is 1.65. The third-order valence-electron chi connectivity index (χ3n) is 7.16. The minimum absolute atomic E-state index is 0.0538. The van der Waals surface area contributed by atoms with Gasteiger partial charge in [0, 0.05) is 38.1 Å². The zero-order chi connectivity index (χ0) is 28.1. The van der Waals surface area contributed by atoms with Gasteiger partial charge in [0.25, 0.3) is 11.8 Å². The molecular weight excluding hydrogens is 525 g/mol. The zero-order valence-electron chi connectivity index (χ0n) is 22.1. The first-order valence-corrected chi connectivity index (χ1v) is 13.6. The fraction of sp³-hybridized carbons (Fsp3) is 0.464. The number of aromatic nitrogens is 1. The fourth-order valence-electron chi connectivity index (χ4n) is 4.95. The maximum Gasteiger partial charge on any atom is 0.257 e. The van der Waals surface area contributed by atoms with Crippen molar-refractivity contribution in [3.8, 4) is 0 Å². The van der Waals surface area contributed by atoms with Crippen molar-refractivity contribution in [2.45, 2.75) is 51.6 Å². The van der Waals surface area contributed by atoms with Gasteiger partial charge in [0.2, 0.25) is 11.8 Å². The Morgan fingerprint density at radius 2 is 1.95 bits per heavy atom. The summed E-state index contributed by atoms with van der Waals surface area (Å²) in [4.78, 5) is 59.9. The van der Waals surface area contributed by atoms with Crippen LogP contribution in [-0.2, 0) is 16.0 Å². The number of amides is 4. The number of hydrogen-bond acceptors (Lipinski definition) is 5. The number of rotatable bonds is 2. The quantitative estimate of drug-likeness (QED) is 0.590. The lowest BCUT2D eigenvalue weighted by molar-refractivity contribution is -0.126. The van der Waals surface area contributed by atoms with Gasteiger partial charge in [0.1, 0.15) is 11.9 Å². The molecule has 1 fully saturated rings. The molecule has 2 aliphatic rings. The van der Waals surface area contributed by atoms with Crippen LogP contribution in [0.15, 0.2) is 36.7 Å². The highest BCUT2D eigenvalue weighted by Gasteiger charge is 2.37. The van der Waals surface area contributed by atoms with E-state index in [2.05, 4.69) is 15.6 Å². The van der Waals surface area contributed by atoms with Gasteiger partial charge in [-0.3, -0.25) is 24.2 Å². The molecule has 11 heteroatoms. The zero-order valence-corrected chi connectivity index (χ0v) is 22.8. The Kier molecular flexibility index (Phi) is 9.16. The maximum atomic E-state index is 14.7. The topological polar surface area (TPSA) is 112 Å². The van der Waals surface area contributed by atoms with Crippen LogP contribution < -0.4 is 10.6 Å². The van der Waals surface area contributed by atoms with E-state index in [1.165, 1.54) is 40.4 Å². The molecule has 2 aliphatic heterocycles. The second-order valence-corrected chi connectivity index (χ2v) is 10.8. The lowest BCUT2D eigenvalue weighted by atomic mass is 10.0. The second-order valence-electron chi connectivity index (χ2n) is 10.4. The summed E-state index contributed by atoms with van der Waals surface area (Å²) in [6.45, 7) is 4.30. The van der Waals surface area contributed by atoms with Crippen LogP contribution in [0.4, 0.5) is 4.39 Å². The summed E-state index contributed by atoms with van der Waals surface area (Å²) < 4.78 is 14.7. The number of fused-ring (bicyclic) bond motifs is 3. The van der Waals surface area contributed by atoms with Gasteiger partial charge in [-0.05, 0) is 55.4 Å². The number of carbonyl (C=O) groups is 4. The van der Waals surface area contributed by atoms with Crippen LogP contribution in [0.25, 0.3) is 0 Å². The molecule has 0 unspecified atom stereocenters. The van der Waals surface area contributed by atoms with Crippen molar-refractivity contribution in [3.05, 3.63) is 64.2 Å². The van der Waals surface area contributed by atoms with Crippen LogP contribution in [0.2, 0.25) is 5.02 Å². The van der Waals surface area contributed by atoms with Crippen LogP contribution in [0, 0.1) is 11.7 Å². The van der Waals surface area contributed by atoms with Gasteiger partial charge in [-0.15, -0.1) is 0 Å². The smallest absolute Gasteiger partial charge is 0.257 e. The Morgan fingerprint density at radius 1 is 1.15 bits per heavy atom. The molecule has 4 amide bonds. The predicted molar refractivity (Wildman–Crippen MR) is 144 cm³/mol. The number of benzene rings is 1. The third-order valence-corrected chi connectivity index (χ3v) is 7.37. The lowest BCUT2D eigenvalue weighted by Gasteiger charge is -2.32. The van der Waals surface area contributed by atoms with Crippen molar-refractivity contribution in [1.82, 2.24) is 25.4 Å². The SMILES string of the molecule is CC(C)[C@@H]1CN(C(=O)c2cncc(Cl)c2)CC(=O)NCCCc2ccc(F)c(c2)C(=O)N2CCC[C@H]2C(=O)N1. The summed E-state index contributed by atoms with van der Waals surface area (Å²) in [6, 6.07) is 4.61. The number of nitrogens with zero attached hydrogens (tertiary/aromatic N) is 3. The van der Waals surface area contributed by atoms with E-state index in [1.54, 1.807) is 6.07 Å². The van der Waals surface area contributed by atoms with Crippen molar-refractivity contribution in [2.24, 2.45) is 5.92 Å². The lowest BCUT2D eigenvalue weighted by Crippen LogP contribution is -2.54. The van der Waals surface area contributed by atoms with E-state index in [4.69, 9.17) is 11.6 Å². The highest BCUT2D eigenvalue weighted by Crippen LogP contribution is 2.23. The number of carbonyl (C=O) groups excluding carboxylic acids is 4. The number of hydrogen-bond donors (Lipinski definition) is 2. The van der Waals surface area contributed by atoms with Gasteiger partial charge in [-0.1, -0.05) is 31.5 Å². The Bertz CT molecular complexity index is 1260. The van der Waals surface area contributed by atoms with E-state index >= 15 is 0 Å². The van der Waals surface area contributed by atoms with Crippen LogP contribution in [0.1, 0.15) is 59.4 Å². The number of aryl methyl sites for hydroxylation is 1. The molecule has 2 bridgehead atoms. The molecule has 39 heavy (non-hydrogen) atoms. The standard InChI is InChI=1S/C28H33ClFN5O4/c1-17(2)23-15-34(27(38)19-12-20(29)14-31-13-19)16-25(36)32-9-3-5-18-7-8-22(30)21(11-18)28(39)35-10-4-6-24(35)26(37)33-23/h7-8,11-14,17,23-24H,3-6,9-10,15-16H2,1-2H3,(H,32,36)(H,33,37)/t23-,24-/m0/s1. The summed E-state index contributed by atoms with van der Waals surface area (Å²) in [5.74, 6) is -2.43. The third kappa shape index (κ3) is 6.92. The summed E-state index contributed by atoms with van der Waals surface area (Å²) >= 11 is 6.05. The molecular formula is C28H33ClFN5O4. The molecule has 2 atom stereocenters. The van der Waals surface area contributed by atoms with Crippen LogP contribution in [0.3, 0.4) is 0 Å². The molecule has 0 saturated carbocycles. The second kappa shape index (κ2) is 12.5. The largest absolute Gasteiger partial charge is 0.355 e. The number of pyridine rings is 1. The van der Waals surface area contributed by atoms with E-state index in [-0.39, 0.29) is 47.0 Å². The van der Waals surface area contributed by atoms with E-state index < -0.39 is 29.7 Å². The normalized spacial score (nSPS) is 21.3. The minimum Gasteiger partial charge on any atom is -0.355 e. The fourth-order valence-corrected chi connectivity index (χ4v) is 5.12. The summed E-state index contributed by atoms with van der Waals surface area (Å²) in [5.41, 5.74) is 0.917. The first-order chi connectivity index (χ1) is 18.6. The van der Waals surface area contributed by atoms with Crippen LogP contribution in [0.5, 0.6) is 0 Å². The maximum absolute atomic E-state index is 14.7. The molecule has 1 aromatic carbocycles. The molecule has 2 N–H and O–H groups in total. The molecule has 208 valence electrons. The molecule has 4 rings (SSSR count). The number of nitrogens with one attached hydrogen (secondary N) is 2. The summed E-state index contributed by atoms with van der Waals surface area (Å²) in [7, 11) is 0. The van der Waals surface area contributed by atoms with Gasteiger partial charge in [0.15, 0.2) is 0 Å². The Hall–Kier alpha value is -3.53. The van der Waals surface area contributed by atoms with Gasteiger partial charge < -0.3 is 20.4 Å². The highest BCUT2D eigenvalue weighted by molar-refractivity contribution is 6.30. The molecule has 1 aromatic heterocycles. The molecule has 0 radical (unpaired) electrons. The molecule has 2 aromatic rings. The first kappa shape index (κ1) is 28.5. The molecule has 3 heterocycles.